The van der Waals surface area contributed by atoms with E-state index in [0.29, 0.717) is 12.3 Å². The Hall–Kier alpha value is -0.530. The van der Waals surface area contributed by atoms with Gasteiger partial charge in [-0.25, -0.2) is 0 Å². The molecule has 1 saturated carbocycles. The lowest BCUT2D eigenvalue weighted by molar-refractivity contribution is -0.138. The molecule has 2 heteroatoms. The molecule has 0 amide bonds. The molecule has 0 atom stereocenters. The summed E-state index contributed by atoms with van der Waals surface area (Å²) in [4.78, 5) is 10.8. The number of aliphatic carboxylic acids is 1. The van der Waals surface area contributed by atoms with E-state index in [2.05, 4.69) is 0 Å². The zero-order valence-electron chi connectivity index (χ0n) is 11.1. The molecule has 0 saturated heterocycles. The Labute approximate surface area is 106 Å². The minimum atomic E-state index is -0.612. The van der Waals surface area contributed by atoms with Gasteiger partial charge in [0.2, 0.25) is 0 Å². The van der Waals surface area contributed by atoms with Gasteiger partial charge in [0.25, 0.3) is 0 Å². The van der Waals surface area contributed by atoms with Gasteiger partial charge in [0.1, 0.15) is 0 Å². The van der Waals surface area contributed by atoms with Gasteiger partial charge in [0.05, 0.1) is 0 Å². The molecule has 0 heterocycles. The third kappa shape index (κ3) is 8.23. The molecule has 0 spiro atoms. The van der Waals surface area contributed by atoms with Crippen molar-refractivity contribution in [3.8, 4) is 0 Å². The largest absolute Gasteiger partial charge is 0.481 e. The molecule has 1 aliphatic carbocycles. The third-order valence-electron chi connectivity index (χ3n) is 3.94. The van der Waals surface area contributed by atoms with Gasteiger partial charge in [0, 0.05) is 6.42 Å². The Bertz CT molecular complexity index is 187. The fourth-order valence-corrected chi connectivity index (χ4v) is 2.88. The van der Waals surface area contributed by atoms with Gasteiger partial charge in [0.15, 0.2) is 0 Å². The maximum atomic E-state index is 10.8. The van der Waals surface area contributed by atoms with Crippen molar-refractivity contribution in [1.29, 1.82) is 0 Å². The predicted molar refractivity (Wildman–Crippen MR) is 71.1 cm³/mol. The maximum absolute atomic E-state index is 10.8. The third-order valence-corrected chi connectivity index (χ3v) is 3.94. The van der Waals surface area contributed by atoms with Crippen molar-refractivity contribution in [3.63, 3.8) is 0 Å². The fraction of sp³-hybridized carbons (Fsp3) is 0.933. The molecule has 0 aromatic rings. The van der Waals surface area contributed by atoms with Crippen LogP contribution in [0.4, 0.5) is 0 Å². The van der Waals surface area contributed by atoms with Crippen molar-refractivity contribution < 1.29 is 9.90 Å². The van der Waals surface area contributed by atoms with Gasteiger partial charge in [-0.1, -0.05) is 64.2 Å². The van der Waals surface area contributed by atoms with Crippen LogP contribution < -0.4 is 0 Å². The molecule has 17 heavy (non-hydrogen) atoms. The topological polar surface area (TPSA) is 37.3 Å². The summed E-state index contributed by atoms with van der Waals surface area (Å²) in [5, 5.41) is 8.90. The Morgan fingerprint density at radius 3 is 1.47 bits per heavy atom. The molecule has 1 aliphatic rings. The number of hydrogen-bond acceptors (Lipinski definition) is 1. The summed E-state index contributed by atoms with van der Waals surface area (Å²) in [5.41, 5.74) is 0. The SMILES string of the molecule is O=C(O)CC1CCCCCCCCCCCC1. The highest BCUT2D eigenvalue weighted by Crippen LogP contribution is 2.23. The summed E-state index contributed by atoms with van der Waals surface area (Å²) in [7, 11) is 0. The molecular weight excluding hydrogens is 212 g/mol. The van der Waals surface area contributed by atoms with Crippen molar-refractivity contribution in [2.45, 2.75) is 83.5 Å². The standard InChI is InChI=1S/C15H28O2/c16-15(17)13-14-11-9-7-5-3-1-2-4-6-8-10-12-14/h14H,1-13H2,(H,16,17). The lowest BCUT2D eigenvalue weighted by atomic mass is 9.92. The van der Waals surface area contributed by atoms with E-state index < -0.39 is 5.97 Å². The minimum Gasteiger partial charge on any atom is -0.481 e. The summed E-state index contributed by atoms with van der Waals surface area (Å²) in [6, 6.07) is 0. The second kappa shape index (κ2) is 9.49. The number of carbonyl (C=O) groups is 1. The maximum Gasteiger partial charge on any atom is 0.303 e. The first kappa shape index (κ1) is 14.5. The molecule has 0 aromatic heterocycles. The Morgan fingerprint density at radius 2 is 1.12 bits per heavy atom. The van der Waals surface area contributed by atoms with Crippen molar-refractivity contribution in [2.24, 2.45) is 5.92 Å². The first-order chi connectivity index (χ1) is 8.29. The lowest BCUT2D eigenvalue weighted by Gasteiger charge is -2.14. The van der Waals surface area contributed by atoms with E-state index in [1.807, 2.05) is 0 Å². The normalized spacial score (nSPS) is 22.1. The molecule has 0 bridgehead atoms. The summed E-state index contributed by atoms with van der Waals surface area (Å²) in [6.07, 6.45) is 16.0. The van der Waals surface area contributed by atoms with Gasteiger partial charge in [-0.3, -0.25) is 4.79 Å². The first-order valence-corrected chi connectivity index (χ1v) is 7.51. The van der Waals surface area contributed by atoms with E-state index in [1.165, 1.54) is 64.2 Å². The molecule has 1 fully saturated rings. The van der Waals surface area contributed by atoms with Crippen LogP contribution >= 0.6 is 0 Å². The number of rotatable bonds is 2. The van der Waals surface area contributed by atoms with Crippen LogP contribution in [0.2, 0.25) is 0 Å². The van der Waals surface area contributed by atoms with Crippen LogP contribution in [-0.4, -0.2) is 11.1 Å². The van der Waals surface area contributed by atoms with Crippen LogP contribution in [0, 0.1) is 5.92 Å². The zero-order chi connectivity index (χ0) is 12.3. The highest BCUT2D eigenvalue weighted by atomic mass is 16.4. The number of carboxylic acids is 1. The quantitative estimate of drug-likeness (QED) is 0.754. The van der Waals surface area contributed by atoms with E-state index in [1.54, 1.807) is 0 Å². The van der Waals surface area contributed by atoms with Gasteiger partial charge >= 0.3 is 5.97 Å². The van der Waals surface area contributed by atoms with E-state index in [0.717, 1.165) is 12.8 Å². The molecule has 1 rings (SSSR count). The van der Waals surface area contributed by atoms with Gasteiger partial charge in [-0.15, -0.1) is 0 Å². The van der Waals surface area contributed by atoms with Gasteiger partial charge in [-0.05, 0) is 18.8 Å². The van der Waals surface area contributed by atoms with Crippen LogP contribution in [0.15, 0.2) is 0 Å². The highest BCUT2D eigenvalue weighted by Gasteiger charge is 2.12. The highest BCUT2D eigenvalue weighted by molar-refractivity contribution is 5.66. The van der Waals surface area contributed by atoms with E-state index >= 15 is 0 Å². The van der Waals surface area contributed by atoms with E-state index in [-0.39, 0.29) is 0 Å². The van der Waals surface area contributed by atoms with Crippen molar-refractivity contribution >= 4 is 5.97 Å². The predicted octanol–water partition coefficient (Wildman–Crippen LogP) is 4.77. The lowest BCUT2D eigenvalue weighted by Crippen LogP contribution is -2.08. The molecule has 0 aliphatic heterocycles. The molecule has 2 nitrogen and oxygen atoms in total. The van der Waals surface area contributed by atoms with E-state index in [4.69, 9.17) is 5.11 Å². The molecule has 0 radical (unpaired) electrons. The Morgan fingerprint density at radius 1 is 0.765 bits per heavy atom. The monoisotopic (exact) mass is 240 g/mol. The van der Waals surface area contributed by atoms with Crippen LogP contribution in [0.25, 0.3) is 0 Å². The summed E-state index contributed by atoms with van der Waals surface area (Å²) in [5.74, 6) is -0.174. The number of carboxylic acid groups (broad SMARTS) is 1. The molecular formula is C15H28O2. The Kier molecular flexibility index (Phi) is 8.12. The average molecular weight is 240 g/mol. The fourth-order valence-electron chi connectivity index (χ4n) is 2.88. The van der Waals surface area contributed by atoms with Crippen LogP contribution in [-0.2, 0) is 4.79 Å². The molecule has 100 valence electrons. The molecule has 1 N–H and O–H groups in total. The first-order valence-electron chi connectivity index (χ1n) is 7.51. The molecule has 0 aromatic carbocycles. The smallest absolute Gasteiger partial charge is 0.303 e. The van der Waals surface area contributed by atoms with Crippen molar-refractivity contribution in [3.05, 3.63) is 0 Å². The van der Waals surface area contributed by atoms with Gasteiger partial charge < -0.3 is 5.11 Å². The summed E-state index contributed by atoms with van der Waals surface area (Å²) >= 11 is 0. The van der Waals surface area contributed by atoms with Gasteiger partial charge in [-0.2, -0.15) is 0 Å². The Balaban J connectivity index is 2.28. The number of hydrogen-bond donors (Lipinski definition) is 1. The average Bonchev–Trinajstić information content (AvgIpc) is 2.30. The van der Waals surface area contributed by atoms with Crippen LogP contribution in [0.1, 0.15) is 83.5 Å². The second-order valence-corrected chi connectivity index (χ2v) is 5.58. The minimum absolute atomic E-state index is 0.389. The van der Waals surface area contributed by atoms with Crippen molar-refractivity contribution in [2.75, 3.05) is 0 Å². The summed E-state index contributed by atoms with van der Waals surface area (Å²) < 4.78 is 0. The van der Waals surface area contributed by atoms with Crippen LogP contribution in [0.3, 0.4) is 0 Å². The van der Waals surface area contributed by atoms with E-state index in [9.17, 15) is 4.79 Å². The molecule has 0 unspecified atom stereocenters. The van der Waals surface area contributed by atoms with Crippen LogP contribution in [0.5, 0.6) is 0 Å². The zero-order valence-corrected chi connectivity index (χ0v) is 11.1. The second-order valence-electron chi connectivity index (χ2n) is 5.58. The summed E-state index contributed by atoms with van der Waals surface area (Å²) in [6.45, 7) is 0. The van der Waals surface area contributed by atoms with Crippen molar-refractivity contribution in [1.82, 2.24) is 0 Å².